The fourth-order valence-electron chi connectivity index (χ4n) is 3.19. The minimum atomic E-state index is 0.495. The van der Waals surface area contributed by atoms with Crippen molar-refractivity contribution < 1.29 is 9.47 Å². The molecule has 0 spiro atoms. The maximum absolute atomic E-state index is 5.97. The molecule has 0 amide bonds. The highest BCUT2D eigenvalue weighted by molar-refractivity contribution is 9.10. The van der Waals surface area contributed by atoms with E-state index >= 15 is 0 Å². The van der Waals surface area contributed by atoms with Crippen LogP contribution in [0, 0.1) is 0 Å². The van der Waals surface area contributed by atoms with Crippen LogP contribution in [0.4, 0.5) is 0 Å². The molecule has 0 bridgehead atoms. The second kappa shape index (κ2) is 4.74. The Labute approximate surface area is 116 Å². The quantitative estimate of drug-likeness (QED) is 0.796. The smallest absolute Gasteiger partial charge is 0.165 e. The number of rotatable bonds is 1. The third kappa shape index (κ3) is 1.82. The molecule has 0 radical (unpaired) electrons. The average molecular weight is 312 g/mol. The lowest BCUT2D eigenvalue weighted by molar-refractivity contribution is 0.0843. The van der Waals surface area contributed by atoms with Crippen LogP contribution in [0.1, 0.15) is 24.3 Å². The van der Waals surface area contributed by atoms with E-state index in [9.17, 15) is 0 Å². The molecule has 98 valence electrons. The van der Waals surface area contributed by atoms with Crippen molar-refractivity contribution in [2.45, 2.75) is 24.8 Å². The molecular weight excluding hydrogens is 294 g/mol. The van der Waals surface area contributed by atoms with Gasteiger partial charge in [-0.3, -0.25) is 4.90 Å². The van der Waals surface area contributed by atoms with E-state index in [1.165, 1.54) is 24.9 Å². The molecule has 2 heterocycles. The first-order chi connectivity index (χ1) is 8.72. The van der Waals surface area contributed by atoms with Gasteiger partial charge in [0.25, 0.3) is 0 Å². The van der Waals surface area contributed by atoms with E-state index in [1.54, 1.807) is 7.11 Å². The second-order valence-corrected chi connectivity index (χ2v) is 5.95. The van der Waals surface area contributed by atoms with Gasteiger partial charge in [0, 0.05) is 16.0 Å². The molecule has 18 heavy (non-hydrogen) atoms. The highest BCUT2D eigenvalue weighted by Gasteiger charge is 2.38. The summed E-state index contributed by atoms with van der Waals surface area (Å²) in [5.41, 5.74) is 1.29. The van der Waals surface area contributed by atoms with Gasteiger partial charge < -0.3 is 9.47 Å². The van der Waals surface area contributed by atoms with Crippen LogP contribution in [0.5, 0.6) is 11.5 Å². The summed E-state index contributed by atoms with van der Waals surface area (Å²) in [6.45, 7) is 1.93. The Kier molecular flexibility index (Phi) is 3.24. The summed E-state index contributed by atoms with van der Waals surface area (Å²) in [6, 6.07) is 4.53. The normalized spacial score (nSPS) is 27.1. The molecular formula is C14H18BrNO2. The van der Waals surface area contributed by atoms with Gasteiger partial charge in [0.1, 0.15) is 6.61 Å². The molecule has 0 N–H and O–H groups in total. The first kappa shape index (κ1) is 12.3. The van der Waals surface area contributed by atoms with Crippen LogP contribution in [0.3, 0.4) is 0 Å². The summed E-state index contributed by atoms with van der Waals surface area (Å²) in [5.74, 6) is 2.33. The molecule has 0 aliphatic carbocycles. The van der Waals surface area contributed by atoms with E-state index in [4.69, 9.17) is 9.47 Å². The fraction of sp³-hybridized carbons (Fsp3) is 0.571. The molecule has 0 saturated carbocycles. The third-order valence-electron chi connectivity index (χ3n) is 4.15. The van der Waals surface area contributed by atoms with E-state index < -0.39 is 0 Å². The number of halogens is 1. The van der Waals surface area contributed by atoms with E-state index in [0.29, 0.717) is 12.0 Å². The number of likely N-dealkylation sites (tertiary alicyclic amines) is 1. The molecule has 2 aliphatic heterocycles. The summed E-state index contributed by atoms with van der Waals surface area (Å²) < 4.78 is 12.5. The van der Waals surface area contributed by atoms with Crippen LogP contribution in [0.25, 0.3) is 0 Å². The van der Waals surface area contributed by atoms with Crippen molar-refractivity contribution in [3.05, 3.63) is 22.2 Å². The van der Waals surface area contributed by atoms with Gasteiger partial charge >= 0.3 is 0 Å². The Hall–Kier alpha value is -0.740. The zero-order valence-electron chi connectivity index (χ0n) is 10.8. The first-order valence-electron chi connectivity index (χ1n) is 6.41. The van der Waals surface area contributed by atoms with Gasteiger partial charge in [-0.25, -0.2) is 0 Å². The van der Waals surface area contributed by atoms with Crippen molar-refractivity contribution in [1.29, 1.82) is 0 Å². The number of hydrogen-bond acceptors (Lipinski definition) is 3. The lowest BCUT2D eigenvalue weighted by atomic mass is 9.82. The van der Waals surface area contributed by atoms with Gasteiger partial charge in [-0.1, -0.05) is 15.9 Å². The van der Waals surface area contributed by atoms with Crippen molar-refractivity contribution in [2.24, 2.45) is 0 Å². The molecule has 1 aromatic carbocycles. The Morgan fingerprint density at radius 2 is 2.28 bits per heavy atom. The molecule has 0 unspecified atom stereocenters. The van der Waals surface area contributed by atoms with Crippen LogP contribution in [-0.2, 0) is 0 Å². The molecule has 1 aromatic rings. The lowest BCUT2D eigenvalue weighted by Gasteiger charge is -2.43. The topological polar surface area (TPSA) is 21.7 Å². The monoisotopic (exact) mass is 311 g/mol. The van der Waals surface area contributed by atoms with Crippen LogP contribution >= 0.6 is 15.9 Å². The Balaban J connectivity index is 2.08. The average Bonchev–Trinajstić information content (AvgIpc) is 2.39. The lowest BCUT2D eigenvalue weighted by Crippen LogP contribution is -2.47. The van der Waals surface area contributed by atoms with Crippen LogP contribution < -0.4 is 9.47 Å². The van der Waals surface area contributed by atoms with E-state index in [-0.39, 0.29) is 0 Å². The van der Waals surface area contributed by atoms with Crippen LogP contribution in [-0.4, -0.2) is 38.3 Å². The maximum atomic E-state index is 5.97. The number of hydrogen-bond donors (Lipinski definition) is 0. The van der Waals surface area contributed by atoms with Crippen molar-refractivity contribution in [2.75, 3.05) is 27.3 Å². The number of likely N-dealkylation sites (N-methyl/N-ethyl adjacent to an activating group) is 1. The fourth-order valence-corrected chi connectivity index (χ4v) is 3.79. The van der Waals surface area contributed by atoms with Crippen molar-refractivity contribution >= 4 is 15.9 Å². The summed E-state index contributed by atoms with van der Waals surface area (Å²) in [7, 11) is 3.89. The van der Waals surface area contributed by atoms with E-state index in [0.717, 1.165) is 22.6 Å². The van der Waals surface area contributed by atoms with Gasteiger partial charge in [-0.2, -0.15) is 0 Å². The minimum Gasteiger partial charge on any atom is -0.493 e. The molecule has 0 aromatic heterocycles. The number of methoxy groups -OCH3 is 1. The zero-order valence-corrected chi connectivity index (χ0v) is 12.4. The molecule has 2 atom stereocenters. The number of ether oxygens (including phenoxy) is 2. The Morgan fingerprint density at radius 1 is 1.44 bits per heavy atom. The van der Waals surface area contributed by atoms with Crippen molar-refractivity contribution in [1.82, 2.24) is 4.90 Å². The number of piperidine rings is 1. The number of fused-ring (bicyclic) bond motifs is 3. The standard InChI is InChI=1S/C14H18BrNO2/c1-16-7-3-4-9-11(16)8-18-14-12(17-2)6-5-10(15)13(9)14/h5-6,9,11H,3-4,7-8H2,1-2H3/t9-,11+/m1/s1. The highest BCUT2D eigenvalue weighted by atomic mass is 79.9. The summed E-state index contributed by atoms with van der Waals surface area (Å²) in [6.07, 6.45) is 2.48. The predicted molar refractivity (Wildman–Crippen MR) is 74.6 cm³/mol. The van der Waals surface area contributed by atoms with Gasteiger partial charge in [0.15, 0.2) is 11.5 Å². The van der Waals surface area contributed by atoms with Crippen LogP contribution in [0.15, 0.2) is 16.6 Å². The van der Waals surface area contributed by atoms with E-state index in [2.05, 4.69) is 33.9 Å². The van der Waals surface area contributed by atoms with E-state index in [1.807, 2.05) is 6.07 Å². The highest BCUT2D eigenvalue weighted by Crippen LogP contribution is 2.48. The Bertz CT molecular complexity index is 463. The third-order valence-corrected chi connectivity index (χ3v) is 4.84. The van der Waals surface area contributed by atoms with Crippen LogP contribution in [0.2, 0.25) is 0 Å². The zero-order chi connectivity index (χ0) is 12.7. The molecule has 1 saturated heterocycles. The minimum absolute atomic E-state index is 0.495. The second-order valence-electron chi connectivity index (χ2n) is 5.10. The van der Waals surface area contributed by atoms with Gasteiger partial charge in [0.05, 0.1) is 13.2 Å². The molecule has 3 nitrogen and oxygen atoms in total. The number of benzene rings is 1. The molecule has 2 aliphatic rings. The summed E-state index contributed by atoms with van der Waals surface area (Å²) in [4.78, 5) is 2.42. The van der Waals surface area contributed by atoms with Gasteiger partial charge in [-0.15, -0.1) is 0 Å². The molecule has 4 heteroatoms. The summed E-state index contributed by atoms with van der Waals surface area (Å²) >= 11 is 3.67. The Morgan fingerprint density at radius 3 is 3.06 bits per heavy atom. The summed E-state index contributed by atoms with van der Waals surface area (Å²) in [5, 5.41) is 0. The SMILES string of the molecule is COc1ccc(Br)c2c1OC[C@H]1[C@H]2CCCN1C. The molecule has 1 fully saturated rings. The predicted octanol–water partition coefficient (Wildman–Crippen LogP) is 3.03. The van der Waals surface area contributed by atoms with Crippen molar-refractivity contribution in [3.63, 3.8) is 0 Å². The number of nitrogens with zero attached hydrogens (tertiary/aromatic N) is 1. The van der Waals surface area contributed by atoms with Gasteiger partial charge in [0.2, 0.25) is 0 Å². The maximum Gasteiger partial charge on any atom is 0.165 e. The molecule has 3 rings (SSSR count). The first-order valence-corrected chi connectivity index (χ1v) is 7.21. The largest absolute Gasteiger partial charge is 0.493 e. The van der Waals surface area contributed by atoms with Crippen molar-refractivity contribution in [3.8, 4) is 11.5 Å². The van der Waals surface area contributed by atoms with Gasteiger partial charge in [-0.05, 0) is 38.6 Å².